The standard InChI is InChI=1S/C10H6ClF3N2S/c11-8-2-1-5(17-8)4-15-10-7(13)3-6(12)9(14)16-10/h1-3H,4H2,(H,15,16). The van der Waals surface area contributed by atoms with Gasteiger partial charge in [0.05, 0.1) is 10.9 Å². The lowest BCUT2D eigenvalue weighted by Gasteiger charge is -2.05. The molecule has 0 spiro atoms. The van der Waals surface area contributed by atoms with E-state index >= 15 is 0 Å². The Balaban J connectivity index is 2.11. The summed E-state index contributed by atoms with van der Waals surface area (Å²) in [6.07, 6.45) is 0. The average molecular weight is 279 g/mol. The Bertz CT molecular complexity index is 544. The number of nitrogens with one attached hydrogen (secondary N) is 1. The summed E-state index contributed by atoms with van der Waals surface area (Å²) in [6, 6.07) is 3.89. The largest absolute Gasteiger partial charge is 0.363 e. The van der Waals surface area contributed by atoms with Crippen molar-refractivity contribution < 1.29 is 13.2 Å². The summed E-state index contributed by atoms with van der Waals surface area (Å²) >= 11 is 7.02. The summed E-state index contributed by atoms with van der Waals surface area (Å²) < 4.78 is 39.2. The zero-order valence-corrected chi connectivity index (χ0v) is 9.88. The highest BCUT2D eigenvalue weighted by Gasteiger charge is 2.11. The Hall–Kier alpha value is -1.27. The molecule has 2 aromatic heterocycles. The second kappa shape index (κ2) is 4.93. The van der Waals surface area contributed by atoms with Crippen LogP contribution in [0.5, 0.6) is 0 Å². The molecule has 0 aliphatic heterocycles. The van der Waals surface area contributed by atoms with Crippen LogP contribution in [0.2, 0.25) is 4.34 Å². The van der Waals surface area contributed by atoms with E-state index in [0.717, 1.165) is 4.88 Å². The third-order valence-electron chi connectivity index (χ3n) is 1.95. The van der Waals surface area contributed by atoms with Gasteiger partial charge in [0, 0.05) is 10.9 Å². The van der Waals surface area contributed by atoms with Gasteiger partial charge in [-0.05, 0) is 12.1 Å². The van der Waals surface area contributed by atoms with Crippen molar-refractivity contribution in [2.45, 2.75) is 6.54 Å². The molecule has 2 heterocycles. The molecule has 0 bridgehead atoms. The van der Waals surface area contributed by atoms with Gasteiger partial charge in [-0.25, -0.2) is 8.78 Å². The van der Waals surface area contributed by atoms with Crippen molar-refractivity contribution >= 4 is 28.8 Å². The molecule has 0 atom stereocenters. The van der Waals surface area contributed by atoms with Gasteiger partial charge in [-0.3, -0.25) is 0 Å². The van der Waals surface area contributed by atoms with Crippen LogP contribution in [0.15, 0.2) is 18.2 Å². The van der Waals surface area contributed by atoms with Crippen LogP contribution in [-0.4, -0.2) is 4.98 Å². The van der Waals surface area contributed by atoms with Crippen LogP contribution in [0.1, 0.15) is 4.88 Å². The van der Waals surface area contributed by atoms with Gasteiger partial charge < -0.3 is 5.32 Å². The van der Waals surface area contributed by atoms with Crippen LogP contribution < -0.4 is 5.32 Å². The van der Waals surface area contributed by atoms with Gasteiger partial charge in [-0.1, -0.05) is 11.6 Å². The van der Waals surface area contributed by atoms with Crippen LogP contribution in [0.25, 0.3) is 0 Å². The molecule has 1 N–H and O–H groups in total. The minimum absolute atomic E-state index is 0.242. The quantitative estimate of drug-likeness (QED) is 0.863. The Morgan fingerprint density at radius 1 is 1.24 bits per heavy atom. The van der Waals surface area contributed by atoms with Crippen molar-refractivity contribution in [3.8, 4) is 0 Å². The summed E-state index contributed by atoms with van der Waals surface area (Å²) in [7, 11) is 0. The number of nitrogens with zero attached hydrogens (tertiary/aromatic N) is 1. The van der Waals surface area contributed by atoms with Crippen LogP contribution in [0.3, 0.4) is 0 Å². The van der Waals surface area contributed by atoms with Gasteiger partial charge in [0.1, 0.15) is 0 Å². The zero-order valence-electron chi connectivity index (χ0n) is 8.31. The maximum Gasteiger partial charge on any atom is 0.251 e. The number of hydrogen-bond donors (Lipinski definition) is 1. The molecule has 0 saturated carbocycles. The SMILES string of the molecule is Fc1cc(F)c(NCc2ccc(Cl)s2)nc1F. The van der Waals surface area contributed by atoms with E-state index in [1.165, 1.54) is 11.3 Å². The monoisotopic (exact) mass is 278 g/mol. The second-order valence-electron chi connectivity index (χ2n) is 3.15. The van der Waals surface area contributed by atoms with Crippen molar-refractivity contribution in [1.82, 2.24) is 4.98 Å². The topological polar surface area (TPSA) is 24.9 Å². The maximum atomic E-state index is 13.2. The molecular weight excluding hydrogens is 273 g/mol. The lowest BCUT2D eigenvalue weighted by molar-refractivity contribution is 0.466. The van der Waals surface area contributed by atoms with Gasteiger partial charge in [-0.2, -0.15) is 9.37 Å². The zero-order chi connectivity index (χ0) is 12.4. The number of aromatic nitrogens is 1. The number of anilines is 1. The number of pyridine rings is 1. The maximum absolute atomic E-state index is 13.2. The van der Waals surface area contributed by atoms with E-state index in [4.69, 9.17) is 11.6 Å². The van der Waals surface area contributed by atoms with E-state index in [-0.39, 0.29) is 12.4 Å². The summed E-state index contributed by atoms with van der Waals surface area (Å²) in [5.41, 5.74) is 0. The van der Waals surface area contributed by atoms with Crippen molar-refractivity contribution in [1.29, 1.82) is 0 Å². The molecule has 0 unspecified atom stereocenters. The Morgan fingerprint density at radius 3 is 2.65 bits per heavy atom. The predicted molar refractivity (Wildman–Crippen MR) is 60.8 cm³/mol. The van der Waals surface area contributed by atoms with Gasteiger partial charge in [0.15, 0.2) is 17.5 Å². The molecule has 0 amide bonds. The molecule has 7 heteroatoms. The number of rotatable bonds is 3. The summed E-state index contributed by atoms with van der Waals surface area (Å²) in [4.78, 5) is 3.97. The molecule has 0 saturated heterocycles. The van der Waals surface area contributed by atoms with Gasteiger partial charge in [0.25, 0.3) is 5.95 Å². The van der Waals surface area contributed by atoms with Gasteiger partial charge in [-0.15, -0.1) is 11.3 Å². The van der Waals surface area contributed by atoms with E-state index in [1.54, 1.807) is 12.1 Å². The van der Waals surface area contributed by atoms with E-state index < -0.39 is 17.6 Å². The fraction of sp³-hybridized carbons (Fsp3) is 0.100. The van der Waals surface area contributed by atoms with Crippen molar-refractivity contribution in [2.75, 3.05) is 5.32 Å². The van der Waals surface area contributed by atoms with Crippen molar-refractivity contribution in [3.63, 3.8) is 0 Å². The van der Waals surface area contributed by atoms with E-state index in [0.29, 0.717) is 10.4 Å². The average Bonchev–Trinajstić information content (AvgIpc) is 2.68. The van der Waals surface area contributed by atoms with Crippen LogP contribution in [0, 0.1) is 17.6 Å². The molecule has 2 nitrogen and oxygen atoms in total. The summed E-state index contributed by atoms with van der Waals surface area (Å²) in [5, 5.41) is 2.57. The fourth-order valence-corrected chi connectivity index (χ4v) is 2.21. The third kappa shape index (κ3) is 2.89. The van der Waals surface area contributed by atoms with Crippen LogP contribution in [-0.2, 0) is 6.54 Å². The molecule has 0 radical (unpaired) electrons. The highest BCUT2D eigenvalue weighted by Crippen LogP contribution is 2.22. The van der Waals surface area contributed by atoms with E-state index in [1.807, 2.05) is 0 Å². The molecule has 90 valence electrons. The molecule has 17 heavy (non-hydrogen) atoms. The third-order valence-corrected chi connectivity index (χ3v) is 3.18. The molecule has 0 aliphatic rings. The number of halogens is 4. The lowest BCUT2D eigenvalue weighted by Crippen LogP contribution is -2.05. The first-order valence-corrected chi connectivity index (χ1v) is 5.75. The van der Waals surface area contributed by atoms with E-state index in [9.17, 15) is 13.2 Å². The first-order chi connectivity index (χ1) is 8.06. The molecule has 0 fully saturated rings. The Morgan fingerprint density at radius 2 is 2.00 bits per heavy atom. The Labute approximate surface area is 104 Å². The number of thiophene rings is 1. The molecule has 0 aliphatic carbocycles. The first kappa shape index (κ1) is 12.2. The molecular formula is C10H6ClF3N2S. The van der Waals surface area contributed by atoms with Crippen molar-refractivity contribution in [2.24, 2.45) is 0 Å². The highest BCUT2D eigenvalue weighted by molar-refractivity contribution is 7.16. The van der Waals surface area contributed by atoms with Gasteiger partial charge >= 0.3 is 0 Å². The second-order valence-corrected chi connectivity index (χ2v) is 4.95. The normalized spacial score (nSPS) is 10.6. The predicted octanol–water partition coefficient (Wildman–Crippen LogP) is 3.83. The highest BCUT2D eigenvalue weighted by atomic mass is 35.5. The molecule has 2 aromatic rings. The Kier molecular flexibility index (Phi) is 3.54. The molecule has 0 aromatic carbocycles. The van der Waals surface area contributed by atoms with Crippen LogP contribution >= 0.6 is 22.9 Å². The van der Waals surface area contributed by atoms with Crippen LogP contribution in [0.4, 0.5) is 19.0 Å². The van der Waals surface area contributed by atoms with E-state index in [2.05, 4.69) is 10.3 Å². The first-order valence-electron chi connectivity index (χ1n) is 4.56. The minimum atomic E-state index is -1.34. The van der Waals surface area contributed by atoms with Crippen molar-refractivity contribution in [3.05, 3.63) is 45.0 Å². The summed E-state index contributed by atoms with van der Waals surface area (Å²) in [5.74, 6) is -3.91. The lowest BCUT2D eigenvalue weighted by atomic mass is 10.4. The fourth-order valence-electron chi connectivity index (χ4n) is 1.19. The number of hydrogen-bond acceptors (Lipinski definition) is 3. The molecule has 2 rings (SSSR count). The minimum Gasteiger partial charge on any atom is -0.363 e. The summed E-state index contributed by atoms with van der Waals surface area (Å²) in [6.45, 7) is 0.242. The van der Waals surface area contributed by atoms with Gasteiger partial charge in [0.2, 0.25) is 0 Å². The smallest absolute Gasteiger partial charge is 0.251 e.